The molecule has 2 N–H and O–H groups in total. The van der Waals surface area contributed by atoms with Gasteiger partial charge in [-0.3, -0.25) is 14.4 Å². The summed E-state index contributed by atoms with van der Waals surface area (Å²) in [5.41, 5.74) is 1.45. The van der Waals surface area contributed by atoms with E-state index in [1.807, 2.05) is 24.8 Å². The fraction of sp³-hybridized carbons (Fsp3) is 0.400. The van der Waals surface area contributed by atoms with Gasteiger partial charge in [-0.2, -0.15) is 0 Å². The van der Waals surface area contributed by atoms with Crippen LogP contribution in [0, 0.1) is 5.92 Å². The van der Waals surface area contributed by atoms with Crippen LogP contribution >= 0.6 is 0 Å². The smallest absolute Gasteiger partial charge is 0.255 e. The van der Waals surface area contributed by atoms with Crippen LogP contribution in [0.2, 0.25) is 0 Å². The number of hydrogen-bond donors (Lipinski definition) is 2. The van der Waals surface area contributed by atoms with Crippen molar-refractivity contribution >= 4 is 23.4 Å². The van der Waals surface area contributed by atoms with Crippen molar-refractivity contribution in [3.05, 3.63) is 65.7 Å². The number of piperidine rings is 1. The highest BCUT2D eigenvalue weighted by molar-refractivity contribution is 6.09. The minimum absolute atomic E-state index is 0.0103. The van der Waals surface area contributed by atoms with Gasteiger partial charge in [-0.05, 0) is 49.9 Å². The van der Waals surface area contributed by atoms with E-state index in [2.05, 4.69) is 10.6 Å². The van der Waals surface area contributed by atoms with Gasteiger partial charge in [0.25, 0.3) is 11.8 Å². The van der Waals surface area contributed by atoms with E-state index >= 15 is 0 Å². The highest BCUT2D eigenvalue weighted by Gasteiger charge is 2.27. The first-order chi connectivity index (χ1) is 15.0. The number of nitrogens with zero attached hydrogens (tertiary/aromatic N) is 1. The molecule has 0 bridgehead atoms. The third-order valence-corrected chi connectivity index (χ3v) is 5.93. The van der Waals surface area contributed by atoms with Crippen LogP contribution in [-0.4, -0.2) is 41.8 Å². The van der Waals surface area contributed by atoms with E-state index in [1.54, 1.807) is 48.5 Å². The van der Waals surface area contributed by atoms with Crippen molar-refractivity contribution in [3.63, 3.8) is 0 Å². The summed E-state index contributed by atoms with van der Waals surface area (Å²) < 4.78 is 0. The van der Waals surface area contributed by atoms with Crippen molar-refractivity contribution in [1.82, 2.24) is 10.2 Å². The highest BCUT2D eigenvalue weighted by atomic mass is 16.2. The lowest BCUT2D eigenvalue weighted by atomic mass is 9.98. The van der Waals surface area contributed by atoms with Crippen LogP contribution in [0.4, 0.5) is 5.69 Å². The Kier molecular flexibility index (Phi) is 7.82. The molecule has 1 heterocycles. The summed E-state index contributed by atoms with van der Waals surface area (Å²) >= 11 is 0. The Morgan fingerprint density at radius 2 is 1.52 bits per heavy atom. The summed E-state index contributed by atoms with van der Waals surface area (Å²) in [4.78, 5) is 39.9. The Hall–Kier alpha value is -3.15. The predicted molar refractivity (Wildman–Crippen MR) is 122 cm³/mol. The van der Waals surface area contributed by atoms with E-state index in [0.717, 1.165) is 25.7 Å². The van der Waals surface area contributed by atoms with Gasteiger partial charge in [0.1, 0.15) is 0 Å². The standard InChI is InChI=1S/C25H31N3O3/c1-3-18(4-2)25(31)28-16-14-20(15-17-28)26-24(30)21-12-8-9-13-22(21)27-23(29)19-10-6-5-7-11-19/h5-13,18,20H,3-4,14-17H2,1-2H3,(H,26,30)(H,27,29). The highest BCUT2D eigenvalue weighted by Crippen LogP contribution is 2.20. The summed E-state index contributed by atoms with van der Waals surface area (Å²) in [6, 6.07) is 15.9. The average Bonchev–Trinajstić information content (AvgIpc) is 2.81. The molecule has 31 heavy (non-hydrogen) atoms. The zero-order valence-electron chi connectivity index (χ0n) is 18.3. The fourth-order valence-electron chi connectivity index (χ4n) is 3.98. The molecule has 0 atom stereocenters. The molecule has 0 aromatic heterocycles. The molecule has 6 heteroatoms. The molecule has 0 aliphatic carbocycles. The molecule has 2 aromatic rings. The minimum Gasteiger partial charge on any atom is -0.349 e. The molecule has 1 fully saturated rings. The van der Waals surface area contributed by atoms with Crippen molar-refractivity contribution in [1.29, 1.82) is 0 Å². The van der Waals surface area contributed by atoms with Crippen molar-refractivity contribution in [3.8, 4) is 0 Å². The fourth-order valence-corrected chi connectivity index (χ4v) is 3.98. The van der Waals surface area contributed by atoms with E-state index in [9.17, 15) is 14.4 Å². The van der Waals surface area contributed by atoms with Crippen LogP contribution in [0.25, 0.3) is 0 Å². The average molecular weight is 422 g/mol. The minimum atomic E-state index is -0.255. The number of nitrogens with one attached hydrogen (secondary N) is 2. The van der Waals surface area contributed by atoms with E-state index < -0.39 is 0 Å². The predicted octanol–water partition coefficient (Wildman–Crippen LogP) is 4.10. The second kappa shape index (κ2) is 10.8. The number of likely N-dealkylation sites (tertiary alicyclic amines) is 1. The van der Waals surface area contributed by atoms with Gasteiger partial charge in [0.05, 0.1) is 11.3 Å². The number of hydrogen-bond acceptors (Lipinski definition) is 3. The zero-order chi connectivity index (χ0) is 22.2. The SMILES string of the molecule is CCC(CC)C(=O)N1CCC(NC(=O)c2ccccc2NC(=O)c2ccccc2)CC1. The monoisotopic (exact) mass is 421 g/mol. The quantitative estimate of drug-likeness (QED) is 0.707. The largest absolute Gasteiger partial charge is 0.349 e. The third-order valence-electron chi connectivity index (χ3n) is 5.93. The summed E-state index contributed by atoms with van der Waals surface area (Å²) in [5, 5.41) is 5.92. The summed E-state index contributed by atoms with van der Waals surface area (Å²) in [5.74, 6) is -0.155. The number of para-hydroxylation sites is 1. The molecular weight excluding hydrogens is 390 g/mol. The zero-order valence-corrected chi connectivity index (χ0v) is 18.3. The molecule has 3 amide bonds. The van der Waals surface area contributed by atoms with Crippen LogP contribution in [0.5, 0.6) is 0 Å². The first-order valence-electron chi connectivity index (χ1n) is 11.1. The number of benzene rings is 2. The van der Waals surface area contributed by atoms with Crippen molar-refractivity contribution < 1.29 is 14.4 Å². The van der Waals surface area contributed by atoms with Gasteiger partial charge in [-0.25, -0.2) is 0 Å². The lowest BCUT2D eigenvalue weighted by Crippen LogP contribution is -2.48. The van der Waals surface area contributed by atoms with Crippen LogP contribution in [0.3, 0.4) is 0 Å². The third kappa shape index (κ3) is 5.72. The lowest BCUT2D eigenvalue weighted by Gasteiger charge is -2.34. The summed E-state index contributed by atoms with van der Waals surface area (Å²) in [7, 11) is 0. The van der Waals surface area contributed by atoms with Crippen molar-refractivity contribution in [2.45, 2.75) is 45.6 Å². The van der Waals surface area contributed by atoms with Gasteiger partial charge in [0, 0.05) is 30.6 Å². The number of carbonyl (C=O) groups excluding carboxylic acids is 3. The van der Waals surface area contributed by atoms with Gasteiger partial charge in [-0.1, -0.05) is 44.2 Å². The second-order valence-electron chi connectivity index (χ2n) is 7.95. The Labute approximate surface area is 184 Å². The summed E-state index contributed by atoms with van der Waals surface area (Å²) in [6.07, 6.45) is 3.18. The molecule has 164 valence electrons. The lowest BCUT2D eigenvalue weighted by molar-refractivity contribution is -0.136. The second-order valence-corrected chi connectivity index (χ2v) is 7.95. The van der Waals surface area contributed by atoms with Gasteiger partial charge >= 0.3 is 0 Å². The van der Waals surface area contributed by atoms with Gasteiger partial charge in [0.15, 0.2) is 0 Å². The normalized spacial score (nSPS) is 14.4. The first kappa shape index (κ1) is 22.5. The van der Waals surface area contributed by atoms with Crippen LogP contribution < -0.4 is 10.6 Å². The van der Waals surface area contributed by atoms with Gasteiger partial charge in [-0.15, -0.1) is 0 Å². The van der Waals surface area contributed by atoms with Gasteiger partial charge in [0.2, 0.25) is 5.91 Å². The topological polar surface area (TPSA) is 78.5 Å². The molecular formula is C25H31N3O3. The number of carbonyl (C=O) groups is 3. The molecule has 1 aliphatic rings. The maximum Gasteiger partial charge on any atom is 0.255 e. The first-order valence-corrected chi connectivity index (χ1v) is 11.1. The number of rotatable bonds is 7. The molecule has 0 saturated carbocycles. The van der Waals surface area contributed by atoms with E-state index in [-0.39, 0.29) is 29.7 Å². The van der Waals surface area contributed by atoms with Gasteiger partial charge < -0.3 is 15.5 Å². The van der Waals surface area contributed by atoms with Crippen molar-refractivity contribution in [2.75, 3.05) is 18.4 Å². The van der Waals surface area contributed by atoms with Crippen LogP contribution in [0.15, 0.2) is 54.6 Å². The van der Waals surface area contributed by atoms with Crippen LogP contribution in [0.1, 0.15) is 60.2 Å². The van der Waals surface area contributed by atoms with Crippen molar-refractivity contribution in [2.24, 2.45) is 5.92 Å². The van der Waals surface area contributed by atoms with E-state index in [1.165, 1.54) is 0 Å². The molecule has 2 aromatic carbocycles. The molecule has 0 spiro atoms. The molecule has 1 aliphatic heterocycles. The molecule has 0 radical (unpaired) electrons. The Morgan fingerprint density at radius 1 is 0.903 bits per heavy atom. The summed E-state index contributed by atoms with van der Waals surface area (Å²) in [6.45, 7) is 5.42. The Bertz CT molecular complexity index is 901. The molecule has 6 nitrogen and oxygen atoms in total. The molecule has 0 unspecified atom stereocenters. The maximum absolute atomic E-state index is 12.9. The van der Waals surface area contributed by atoms with E-state index in [4.69, 9.17) is 0 Å². The molecule has 3 rings (SSSR count). The number of anilines is 1. The Balaban J connectivity index is 1.59. The molecule has 1 saturated heterocycles. The maximum atomic E-state index is 12.9. The van der Waals surface area contributed by atoms with E-state index in [0.29, 0.717) is 29.9 Å². The number of amides is 3. The van der Waals surface area contributed by atoms with Crippen LogP contribution in [-0.2, 0) is 4.79 Å². The Morgan fingerprint density at radius 3 is 2.16 bits per heavy atom.